The number of likely N-dealkylation sites (N-methyl/N-ethyl adjacent to an activating group) is 1. The van der Waals surface area contributed by atoms with Crippen LogP contribution in [0.4, 0.5) is 0 Å². The van der Waals surface area contributed by atoms with E-state index >= 15 is 0 Å². The van der Waals surface area contributed by atoms with Crippen molar-refractivity contribution in [2.45, 2.75) is 25.9 Å². The Balaban J connectivity index is 2.14. The third-order valence-electron chi connectivity index (χ3n) is 5.21. The average molecular weight is 462 g/mol. The first-order valence-corrected chi connectivity index (χ1v) is 10.8. The van der Waals surface area contributed by atoms with Crippen LogP contribution >= 0.6 is 11.6 Å². The van der Waals surface area contributed by atoms with E-state index in [0.29, 0.717) is 28.6 Å². The van der Waals surface area contributed by atoms with E-state index in [1.165, 1.54) is 14.2 Å². The lowest BCUT2D eigenvalue weighted by Crippen LogP contribution is -2.51. The summed E-state index contributed by atoms with van der Waals surface area (Å²) in [5, 5.41) is 6.45. The van der Waals surface area contributed by atoms with Gasteiger partial charge in [-0.3, -0.25) is 9.59 Å². The molecule has 2 amide bonds. The highest BCUT2D eigenvalue weighted by Crippen LogP contribution is 2.26. The molecule has 0 heterocycles. The summed E-state index contributed by atoms with van der Waals surface area (Å²) in [5.74, 6) is 0.222. The first-order chi connectivity index (χ1) is 15.2. The minimum absolute atomic E-state index is 0.112. The van der Waals surface area contributed by atoms with Crippen molar-refractivity contribution in [1.29, 1.82) is 0 Å². The second-order valence-corrected chi connectivity index (χ2v) is 8.45. The van der Waals surface area contributed by atoms with E-state index in [4.69, 9.17) is 21.1 Å². The van der Waals surface area contributed by atoms with E-state index in [9.17, 15) is 9.59 Å². The maximum absolute atomic E-state index is 13.0. The van der Waals surface area contributed by atoms with Crippen LogP contribution in [-0.2, 0) is 4.79 Å². The largest absolute Gasteiger partial charge is 0.497 e. The van der Waals surface area contributed by atoms with Gasteiger partial charge in [0.15, 0.2) is 0 Å². The zero-order valence-corrected chi connectivity index (χ0v) is 20.2. The number of hydrogen-bond donors (Lipinski definition) is 2. The predicted octanol–water partition coefficient (Wildman–Crippen LogP) is 3.53. The number of amides is 2. The Hall–Kier alpha value is -2.77. The van der Waals surface area contributed by atoms with Crippen molar-refractivity contribution in [2.75, 3.05) is 34.9 Å². The maximum atomic E-state index is 13.0. The summed E-state index contributed by atoms with van der Waals surface area (Å²) < 4.78 is 10.5. The van der Waals surface area contributed by atoms with Gasteiger partial charge in [-0.1, -0.05) is 43.6 Å². The Morgan fingerprint density at radius 3 is 2.12 bits per heavy atom. The molecule has 0 saturated carbocycles. The molecular weight excluding hydrogens is 430 g/mol. The lowest BCUT2D eigenvalue weighted by Gasteiger charge is -2.28. The van der Waals surface area contributed by atoms with E-state index < -0.39 is 6.04 Å². The first kappa shape index (κ1) is 25.5. The van der Waals surface area contributed by atoms with Crippen LogP contribution in [-0.4, -0.2) is 57.6 Å². The summed E-state index contributed by atoms with van der Waals surface area (Å²) in [6, 6.07) is 11.6. The fourth-order valence-corrected chi connectivity index (χ4v) is 3.58. The van der Waals surface area contributed by atoms with Crippen molar-refractivity contribution in [3.05, 3.63) is 58.6 Å². The third-order valence-corrected chi connectivity index (χ3v) is 5.55. The Kier molecular flexibility index (Phi) is 9.35. The number of carbonyl (C=O) groups excluding carboxylic acids is 2. The molecule has 0 radical (unpaired) electrons. The molecule has 0 aliphatic heterocycles. The number of nitrogens with one attached hydrogen (secondary N) is 2. The number of nitrogens with zero attached hydrogens (tertiary/aromatic N) is 1. The van der Waals surface area contributed by atoms with Crippen molar-refractivity contribution in [3.63, 3.8) is 0 Å². The molecule has 32 heavy (non-hydrogen) atoms. The summed E-state index contributed by atoms with van der Waals surface area (Å²) in [6.07, 6.45) is 0. The predicted molar refractivity (Wildman–Crippen MR) is 127 cm³/mol. The van der Waals surface area contributed by atoms with E-state index in [2.05, 4.69) is 10.6 Å². The molecule has 2 aromatic carbocycles. The molecule has 0 aromatic heterocycles. The third kappa shape index (κ3) is 6.61. The molecule has 2 N–H and O–H groups in total. The second-order valence-electron chi connectivity index (χ2n) is 8.04. The molecule has 0 unspecified atom stereocenters. The van der Waals surface area contributed by atoms with Gasteiger partial charge in [-0.25, -0.2) is 0 Å². The Bertz CT molecular complexity index is 911. The molecule has 0 spiro atoms. The summed E-state index contributed by atoms with van der Waals surface area (Å²) in [7, 11) is 6.89. The first-order valence-electron chi connectivity index (χ1n) is 10.4. The lowest BCUT2D eigenvalue weighted by molar-refractivity contribution is -0.124. The topological polar surface area (TPSA) is 79.9 Å². The van der Waals surface area contributed by atoms with Gasteiger partial charge in [-0.2, -0.15) is 0 Å². The summed E-state index contributed by atoms with van der Waals surface area (Å²) in [6.45, 7) is 4.12. The maximum Gasteiger partial charge on any atom is 0.252 e. The van der Waals surface area contributed by atoms with Crippen LogP contribution in [0.25, 0.3) is 0 Å². The van der Waals surface area contributed by atoms with Gasteiger partial charge in [0.2, 0.25) is 5.91 Å². The van der Waals surface area contributed by atoms with Gasteiger partial charge in [0.25, 0.3) is 5.91 Å². The Morgan fingerprint density at radius 2 is 1.62 bits per heavy atom. The van der Waals surface area contributed by atoms with Crippen molar-refractivity contribution in [1.82, 2.24) is 15.5 Å². The molecular formula is C24H32ClN3O4. The number of benzene rings is 2. The molecule has 0 fully saturated rings. The molecule has 2 rings (SSSR count). The molecule has 2 atom stereocenters. The van der Waals surface area contributed by atoms with Crippen molar-refractivity contribution in [2.24, 2.45) is 5.92 Å². The van der Waals surface area contributed by atoms with Crippen molar-refractivity contribution >= 4 is 23.4 Å². The minimum Gasteiger partial charge on any atom is -0.497 e. The Morgan fingerprint density at radius 1 is 1.03 bits per heavy atom. The number of halogens is 1. The monoisotopic (exact) mass is 461 g/mol. The van der Waals surface area contributed by atoms with E-state index in [-0.39, 0.29) is 23.8 Å². The lowest BCUT2D eigenvalue weighted by atomic mass is 10.0. The zero-order valence-electron chi connectivity index (χ0n) is 19.4. The fraction of sp³-hybridized carbons (Fsp3) is 0.417. The highest BCUT2D eigenvalue weighted by atomic mass is 35.5. The van der Waals surface area contributed by atoms with Crippen LogP contribution < -0.4 is 20.1 Å². The van der Waals surface area contributed by atoms with E-state index in [0.717, 1.165) is 5.56 Å². The van der Waals surface area contributed by atoms with Gasteiger partial charge in [0.05, 0.1) is 20.3 Å². The highest BCUT2D eigenvalue weighted by molar-refractivity contribution is 6.31. The van der Waals surface area contributed by atoms with Crippen LogP contribution in [0, 0.1) is 5.92 Å². The SMILES string of the molecule is COc1cc(OC)cc(C(=O)N[C@H](C(=O)NC[C@@H](c2ccccc2Cl)N(C)C)C(C)C)c1. The van der Waals surface area contributed by atoms with Gasteiger partial charge in [-0.15, -0.1) is 0 Å². The van der Waals surface area contributed by atoms with Crippen LogP contribution in [0.1, 0.15) is 35.8 Å². The van der Waals surface area contributed by atoms with Crippen LogP contribution in [0.5, 0.6) is 11.5 Å². The molecule has 7 nitrogen and oxygen atoms in total. The summed E-state index contributed by atoms with van der Waals surface area (Å²) in [4.78, 5) is 27.9. The van der Waals surface area contributed by atoms with E-state index in [1.54, 1.807) is 18.2 Å². The fourth-order valence-electron chi connectivity index (χ4n) is 3.32. The summed E-state index contributed by atoms with van der Waals surface area (Å²) in [5.41, 5.74) is 1.27. The van der Waals surface area contributed by atoms with Crippen LogP contribution in [0.3, 0.4) is 0 Å². The van der Waals surface area contributed by atoms with Gasteiger partial charge in [0.1, 0.15) is 17.5 Å². The van der Waals surface area contributed by atoms with Crippen LogP contribution in [0.15, 0.2) is 42.5 Å². The standard InChI is InChI=1S/C24H32ClN3O4/c1-15(2)22(27-23(29)16-11-17(31-5)13-18(12-16)32-6)24(30)26-14-21(28(3)4)19-9-7-8-10-20(19)25/h7-13,15,21-22H,14H2,1-6H3,(H,26,30)(H,27,29)/t21-,22-/m0/s1. The molecule has 0 saturated heterocycles. The Labute approximate surface area is 195 Å². The molecule has 174 valence electrons. The van der Waals surface area contributed by atoms with Crippen molar-refractivity contribution < 1.29 is 19.1 Å². The summed E-state index contributed by atoms with van der Waals surface area (Å²) >= 11 is 6.36. The molecule has 8 heteroatoms. The molecule has 0 aliphatic rings. The van der Waals surface area contributed by atoms with Gasteiger partial charge < -0.3 is 25.0 Å². The minimum atomic E-state index is -0.714. The zero-order chi connectivity index (χ0) is 23.8. The smallest absolute Gasteiger partial charge is 0.252 e. The number of rotatable bonds is 10. The molecule has 2 aromatic rings. The van der Waals surface area contributed by atoms with Gasteiger partial charge in [0, 0.05) is 23.2 Å². The van der Waals surface area contributed by atoms with Gasteiger partial charge in [-0.05, 0) is 43.8 Å². The van der Waals surface area contributed by atoms with Gasteiger partial charge >= 0.3 is 0 Å². The van der Waals surface area contributed by atoms with Crippen molar-refractivity contribution in [3.8, 4) is 11.5 Å². The van der Waals surface area contributed by atoms with E-state index in [1.807, 2.05) is 57.1 Å². The number of carbonyl (C=O) groups is 2. The number of methoxy groups -OCH3 is 2. The second kappa shape index (κ2) is 11.7. The number of hydrogen-bond acceptors (Lipinski definition) is 5. The number of ether oxygens (including phenoxy) is 2. The van der Waals surface area contributed by atoms with Crippen LogP contribution in [0.2, 0.25) is 5.02 Å². The average Bonchev–Trinajstić information content (AvgIpc) is 2.77. The quantitative estimate of drug-likeness (QED) is 0.565. The normalized spacial score (nSPS) is 12.9. The highest BCUT2D eigenvalue weighted by Gasteiger charge is 2.26. The molecule has 0 aliphatic carbocycles. The molecule has 0 bridgehead atoms.